The molecule has 3 atom stereocenters. The molecule has 0 saturated carbocycles. The van der Waals surface area contributed by atoms with E-state index in [-0.39, 0.29) is 40.5 Å². The number of ether oxygens (including phenoxy) is 1. The van der Waals surface area contributed by atoms with E-state index >= 15 is 0 Å². The monoisotopic (exact) mass is 482 g/mol. The number of Topliss-reactive ketones (excluding diaryl/α,β-unsaturated/α-hetero) is 2. The molecule has 170 valence electrons. The predicted octanol–water partition coefficient (Wildman–Crippen LogP) is 6.08. The number of rotatable bonds is 7. The fraction of sp³-hybridized carbons (Fsp3) is 0.720. The second kappa shape index (κ2) is 9.93. The number of carbonyl (C=O) groups is 3. The van der Waals surface area contributed by atoms with Crippen molar-refractivity contribution in [1.82, 2.24) is 0 Å². The number of allylic oxidation sites excluding steroid dienone is 4. The van der Waals surface area contributed by atoms with Gasteiger partial charge in [0.05, 0.1) is 11.2 Å². The first kappa shape index (κ1) is 26.8. The van der Waals surface area contributed by atoms with Crippen LogP contribution in [0.4, 0.5) is 0 Å². The lowest BCUT2D eigenvalue weighted by molar-refractivity contribution is -0.155. The van der Waals surface area contributed by atoms with Crippen LogP contribution in [0.3, 0.4) is 0 Å². The lowest BCUT2D eigenvalue weighted by Crippen LogP contribution is -2.40. The zero-order valence-electron chi connectivity index (χ0n) is 19.9. The Morgan fingerprint density at radius 2 is 1.33 bits per heavy atom. The third-order valence-electron chi connectivity index (χ3n) is 7.68. The maximum atomic E-state index is 12.3. The molecule has 0 aliphatic heterocycles. The summed E-state index contributed by atoms with van der Waals surface area (Å²) in [6.45, 7) is 16.0. The van der Waals surface area contributed by atoms with E-state index in [1.165, 1.54) is 0 Å². The number of alkyl halides is 1. The van der Waals surface area contributed by atoms with Gasteiger partial charge in [-0.25, -0.2) is 0 Å². The molecule has 0 radical (unpaired) electrons. The number of hydrogen-bond acceptors (Lipinski definition) is 4. The zero-order chi connectivity index (χ0) is 23.4. The summed E-state index contributed by atoms with van der Waals surface area (Å²) in [5.74, 6) is -0.106. The summed E-state index contributed by atoms with van der Waals surface area (Å²) in [5, 5.41) is 0.467. The van der Waals surface area contributed by atoms with Crippen LogP contribution in [0.1, 0.15) is 74.7 Å². The summed E-state index contributed by atoms with van der Waals surface area (Å²) in [4.78, 5) is 35.5. The van der Waals surface area contributed by atoms with E-state index in [9.17, 15) is 14.4 Å². The van der Waals surface area contributed by atoms with Gasteiger partial charge in [0.25, 0.3) is 0 Å². The zero-order valence-corrected chi connectivity index (χ0v) is 21.5. The molecule has 2 aliphatic carbocycles. The first-order valence-electron chi connectivity index (χ1n) is 10.8. The Morgan fingerprint density at radius 1 is 0.900 bits per heavy atom. The number of ketones is 2. The molecule has 5 heteroatoms. The lowest BCUT2D eigenvalue weighted by Gasteiger charge is -2.36. The standard InChI is InChI=1S/C15H24O3.C10H15BrO/c1-6-11(2)13(17)18-10-12(16)15(5)9-7-8-14(15,3)4;1-9(2)5-4-6-10(9,3)8(12)7-11/h7-8,11H,6,9-10H2,1-5H3;4-5H,6-7H2,1-3H3/t11-,15+;10-/m10/s1. The van der Waals surface area contributed by atoms with Crippen molar-refractivity contribution in [2.75, 3.05) is 11.9 Å². The molecule has 0 N–H and O–H groups in total. The molecule has 4 nitrogen and oxygen atoms in total. The van der Waals surface area contributed by atoms with E-state index in [0.717, 1.165) is 19.3 Å². The highest BCUT2D eigenvalue weighted by Gasteiger charge is 2.48. The van der Waals surface area contributed by atoms with Crippen LogP contribution >= 0.6 is 15.9 Å². The van der Waals surface area contributed by atoms with Gasteiger partial charge in [0.15, 0.2) is 12.4 Å². The summed E-state index contributed by atoms with van der Waals surface area (Å²) in [6.07, 6.45) is 10.7. The molecule has 0 heterocycles. The highest BCUT2D eigenvalue weighted by atomic mass is 79.9. The quantitative estimate of drug-likeness (QED) is 0.250. The van der Waals surface area contributed by atoms with Crippen LogP contribution in [0.5, 0.6) is 0 Å². The summed E-state index contributed by atoms with van der Waals surface area (Å²) in [5.41, 5.74) is -0.816. The van der Waals surface area contributed by atoms with Crippen molar-refractivity contribution in [3.8, 4) is 0 Å². The molecule has 2 rings (SSSR count). The maximum Gasteiger partial charge on any atom is 0.309 e. The van der Waals surface area contributed by atoms with Gasteiger partial charge in [-0.05, 0) is 30.1 Å². The minimum Gasteiger partial charge on any atom is -0.457 e. The Morgan fingerprint density at radius 3 is 1.67 bits per heavy atom. The van der Waals surface area contributed by atoms with Crippen LogP contribution in [0.2, 0.25) is 0 Å². The molecule has 0 aromatic carbocycles. The summed E-state index contributed by atoms with van der Waals surface area (Å²) >= 11 is 3.23. The molecule has 0 amide bonds. The van der Waals surface area contributed by atoms with Crippen molar-refractivity contribution >= 4 is 33.5 Å². The van der Waals surface area contributed by atoms with E-state index in [1.54, 1.807) is 0 Å². The first-order chi connectivity index (χ1) is 13.7. The summed E-state index contributed by atoms with van der Waals surface area (Å²) < 4.78 is 5.11. The van der Waals surface area contributed by atoms with Gasteiger partial charge in [-0.1, -0.05) is 95.6 Å². The van der Waals surface area contributed by atoms with Crippen LogP contribution in [0.25, 0.3) is 0 Å². The fourth-order valence-electron chi connectivity index (χ4n) is 3.77. The smallest absolute Gasteiger partial charge is 0.309 e. The minimum atomic E-state index is -0.456. The number of hydrogen-bond donors (Lipinski definition) is 0. The van der Waals surface area contributed by atoms with Crippen LogP contribution in [-0.4, -0.2) is 29.5 Å². The van der Waals surface area contributed by atoms with Crippen LogP contribution in [0, 0.1) is 27.6 Å². The van der Waals surface area contributed by atoms with Crippen molar-refractivity contribution in [3.05, 3.63) is 24.3 Å². The molecule has 0 aromatic rings. The highest BCUT2D eigenvalue weighted by Crippen LogP contribution is 2.49. The van der Waals surface area contributed by atoms with Crippen molar-refractivity contribution in [2.24, 2.45) is 27.6 Å². The van der Waals surface area contributed by atoms with Gasteiger partial charge in [-0.3, -0.25) is 14.4 Å². The first-order valence-corrected chi connectivity index (χ1v) is 12.0. The largest absolute Gasteiger partial charge is 0.457 e. The third-order valence-corrected chi connectivity index (χ3v) is 8.19. The van der Waals surface area contributed by atoms with Gasteiger partial charge in [0.1, 0.15) is 5.78 Å². The van der Waals surface area contributed by atoms with Crippen LogP contribution < -0.4 is 0 Å². The fourth-order valence-corrected chi connectivity index (χ4v) is 4.39. The van der Waals surface area contributed by atoms with E-state index in [0.29, 0.717) is 11.1 Å². The normalized spacial score (nSPS) is 29.1. The molecule has 0 spiro atoms. The third kappa shape index (κ3) is 5.33. The Kier molecular flexibility index (Phi) is 8.87. The average Bonchev–Trinajstić information content (AvgIpc) is 3.13. The molecular weight excluding hydrogens is 444 g/mol. The molecule has 30 heavy (non-hydrogen) atoms. The van der Waals surface area contributed by atoms with E-state index in [1.807, 2.05) is 40.7 Å². The Hall–Kier alpha value is -1.23. The Bertz CT molecular complexity index is 719. The van der Waals surface area contributed by atoms with Crippen molar-refractivity contribution in [1.29, 1.82) is 0 Å². The Balaban J connectivity index is 0.000000325. The van der Waals surface area contributed by atoms with E-state index in [2.05, 4.69) is 54.9 Å². The van der Waals surface area contributed by atoms with Gasteiger partial charge in [-0.2, -0.15) is 0 Å². The van der Waals surface area contributed by atoms with Crippen molar-refractivity contribution < 1.29 is 19.1 Å². The second-order valence-electron chi connectivity index (χ2n) is 10.2. The predicted molar refractivity (Wildman–Crippen MR) is 126 cm³/mol. The molecule has 0 bridgehead atoms. The topological polar surface area (TPSA) is 60.4 Å². The van der Waals surface area contributed by atoms with Crippen LogP contribution in [0.15, 0.2) is 24.3 Å². The Labute approximate surface area is 191 Å². The van der Waals surface area contributed by atoms with Gasteiger partial charge >= 0.3 is 5.97 Å². The molecule has 0 aromatic heterocycles. The van der Waals surface area contributed by atoms with Crippen LogP contribution in [-0.2, 0) is 19.1 Å². The SMILES string of the molecule is CC1(C)C=CC[C@@]1(C)C(=O)CBr.CC[C@@H](C)C(=O)OCC(=O)[C@]1(C)CC=CC1(C)C. The minimum absolute atomic E-state index is 0.00848. The van der Waals surface area contributed by atoms with Gasteiger partial charge in [-0.15, -0.1) is 0 Å². The molecular formula is C25H39BrO4. The highest BCUT2D eigenvalue weighted by molar-refractivity contribution is 9.09. The summed E-state index contributed by atoms with van der Waals surface area (Å²) in [7, 11) is 0. The summed E-state index contributed by atoms with van der Waals surface area (Å²) in [6, 6.07) is 0. The molecule has 0 saturated heterocycles. The number of esters is 1. The van der Waals surface area contributed by atoms with Crippen molar-refractivity contribution in [3.63, 3.8) is 0 Å². The van der Waals surface area contributed by atoms with E-state index < -0.39 is 5.41 Å². The number of carbonyl (C=O) groups excluding carboxylic acids is 3. The lowest BCUT2D eigenvalue weighted by atomic mass is 9.66. The molecule has 0 fully saturated rings. The number of halogens is 1. The van der Waals surface area contributed by atoms with Gasteiger partial charge in [0.2, 0.25) is 0 Å². The van der Waals surface area contributed by atoms with Gasteiger partial charge in [0, 0.05) is 10.8 Å². The molecule has 2 aliphatic rings. The van der Waals surface area contributed by atoms with Crippen molar-refractivity contribution in [2.45, 2.75) is 74.7 Å². The second-order valence-corrected chi connectivity index (χ2v) is 10.8. The maximum absolute atomic E-state index is 12.3. The average molecular weight is 483 g/mol. The molecule has 0 unspecified atom stereocenters. The van der Waals surface area contributed by atoms with Gasteiger partial charge < -0.3 is 4.74 Å². The van der Waals surface area contributed by atoms with E-state index in [4.69, 9.17) is 4.74 Å².